The first-order valence-corrected chi connectivity index (χ1v) is 15.2. The lowest BCUT2D eigenvalue weighted by atomic mass is 9.94. The Hall–Kier alpha value is -4.08. The SMILES string of the molecule is Cc1cc(CN2CCCCC2)cc(-c2c(C)cc3c(c(-c4nc5c([nH]4)C(c4ccc(F)s4)=CC=CN5)nn3C)c2F)c1. The summed E-state index contributed by atoms with van der Waals surface area (Å²) in [5, 5.41) is 8.08. The van der Waals surface area contributed by atoms with Gasteiger partial charge in [-0.25, -0.2) is 9.37 Å². The normalized spacial score (nSPS) is 15.5. The fourth-order valence-electron chi connectivity index (χ4n) is 6.29. The predicted octanol–water partition coefficient (Wildman–Crippen LogP) is 7.94. The molecule has 0 atom stereocenters. The van der Waals surface area contributed by atoms with E-state index in [0.29, 0.717) is 39.5 Å². The molecule has 2 N–H and O–H groups in total. The zero-order chi connectivity index (χ0) is 29.0. The maximum absolute atomic E-state index is 16.8. The Bertz CT molecular complexity index is 1890. The van der Waals surface area contributed by atoms with Gasteiger partial charge in [0.05, 0.1) is 16.6 Å². The first-order valence-electron chi connectivity index (χ1n) is 14.3. The number of imidazole rings is 1. The van der Waals surface area contributed by atoms with Gasteiger partial charge in [-0.3, -0.25) is 9.58 Å². The van der Waals surface area contributed by atoms with Crippen LogP contribution in [0.25, 0.3) is 39.1 Å². The van der Waals surface area contributed by atoms with Gasteiger partial charge in [0, 0.05) is 35.8 Å². The number of hydrogen-bond donors (Lipinski definition) is 2. The van der Waals surface area contributed by atoms with E-state index in [2.05, 4.69) is 40.3 Å². The number of likely N-dealkylation sites (tertiary alicyclic amines) is 1. The van der Waals surface area contributed by atoms with Crippen LogP contribution in [0.3, 0.4) is 0 Å². The number of nitrogens with zero attached hydrogens (tertiary/aromatic N) is 4. The fraction of sp³-hybridized carbons (Fsp3) is 0.273. The zero-order valence-electron chi connectivity index (χ0n) is 23.9. The number of allylic oxidation sites excluding steroid dienone is 2. The Morgan fingerprint density at radius 1 is 1.02 bits per heavy atom. The summed E-state index contributed by atoms with van der Waals surface area (Å²) in [5.74, 6) is 0.713. The van der Waals surface area contributed by atoms with Crippen molar-refractivity contribution in [1.29, 1.82) is 0 Å². The first kappa shape index (κ1) is 26.8. The molecule has 0 radical (unpaired) electrons. The van der Waals surface area contributed by atoms with E-state index in [0.717, 1.165) is 58.1 Å². The van der Waals surface area contributed by atoms with Crippen LogP contribution in [-0.4, -0.2) is 37.7 Å². The number of fused-ring (bicyclic) bond motifs is 2. The highest BCUT2D eigenvalue weighted by Crippen LogP contribution is 2.40. The number of H-pyrrole nitrogens is 1. The first-order chi connectivity index (χ1) is 20.4. The van der Waals surface area contributed by atoms with Crippen LogP contribution >= 0.6 is 11.3 Å². The Morgan fingerprint density at radius 2 is 1.86 bits per heavy atom. The molecule has 0 spiro atoms. The molecule has 1 saturated heterocycles. The fourth-order valence-corrected chi connectivity index (χ4v) is 7.05. The molecule has 6 nitrogen and oxygen atoms in total. The molecule has 5 aromatic rings. The summed E-state index contributed by atoms with van der Waals surface area (Å²) >= 11 is 1.07. The number of aromatic nitrogens is 4. The van der Waals surface area contributed by atoms with Gasteiger partial charge in [0.2, 0.25) is 0 Å². The molecule has 42 heavy (non-hydrogen) atoms. The second kappa shape index (κ2) is 10.6. The molecule has 2 aliphatic heterocycles. The molecule has 5 heterocycles. The number of rotatable bonds is 5. The van der Waals surface area contributed by atoms with Gasteiger partial charge in [-0.05, 0) is 92.9 Å². The van der Waals surface area contributed by atoms with E-state index in [9.17, 15) is 4.39 Å². The minimum absolute atomic E-state index is 0.260. The van der Waals surface area contributed by atoms with E-state index < -0.39 is 0 Å². The van der Waals surface area contributed by atoms with E-state index in [-0.39, 0.29) is 10.9 Å². The smallest absolute Gasteiger partial charge is 0.176 e. The zero-order valence-corrected chi connectivity index (χ0v) is 24.7. The lowest BCUT2D eigenvalue weighted by Gasteiger charge is -2.26. The van der Waals surface area contributed by atoms with Gasteiger partial charge in [-0.1, -0.05) is 24.1 Å². The van der Waals surface area contributed by atoms with Gasteiger partial charge in [-0.15, -0.1) is 11.3 Å². The van der Waals surface area contributed by atoms with Crippen LogP contribution in [0.2, 0.25) is 0 Å². The highest BCUT2D eigenvalue weighted by molar-refractivity contribution is 7.11. The summed E-state index contributed by atoms with van der Waals surface area (Å²) in [6.07, 6.45) is 9.30. The number of halogens is 2. The summed E-state index contributed by atoms with van der Waals surface area (Å²) in [5.41, 5.74) is 7.27. The van der Waals surface area contributed by atoms with Crippen LogP contribution in [0, 0.1) is 24.8 Å². The Kier molecular flexibility index (Phi) is 6.79. The van der Waals surface area contributed by atoms with Crippen LogP contribution < -0.4 is 5.32 Å². The van der Waals surface area contributed by atoms with Crippen molar-refractivity contribution in [3.05, 3.63) is 93.0 Å². The van der Waals surface area contributed by atoms with Crippen molar-refractivity contribution in [1.82, 2.24) is 24.6 Å². The molecule has 3 aromatic heterocycles. The third-order valence-corrected chi connectivity index (χ3v) is 9.08. The summed E-state index contributed by atoms with van der Waals surface area (Å²) in [6.45, 7) is 7.13. The number of benzene rings is 2. The van der Waals surface area contributed by atoms with Gasteiger partial charge < -0.3 is 10.3 Å². The lowest BCUT2D eigenvalue weighted by Crippen LogP contribution is -2.29. The second-order valence-electron chi connectivity index (χ2n) is 11.3. The average molecular weight is 583 g/mol. The van der Waals surface area contributed by atoms with E-state index >= 15 is 4.39 Å². The molecule has 2 aromatic carbocycles. The maximum atomic E-state index is 16.8. The van der Waals surface area contributed by atoms with Crippen LogP contribution in [0.5, 0.6) is 0 Å². The third kappa shape index (κ3) is 4.76. The molecule has 2 aliphatic rings. The summed E-state index contributed by atoms with van der Waals surface area (Å²) in [6, 6.07) is 11.6. The molecule has 9 heteroatoms. The number of piperidine rings is 1. The van der Waals surface area contributed by atoms with Gasteiger partial charge in [0.15, 0.2) is 16.8 Å². The highest BCUT2D eigenvalue weighted by atomic mass is 32.1. The number of nitrogens with one attached hydrogen (secondary N) is 2. The second-order valence-corrected chi connectivity index (χ2v) is 12.3. The summed E-state index contributed by atoms with van der Waals surface area (Å²) in [4.78, 5) is 11.4. The standard InChI is InChI=1S/C33H32F2N6S/c1-19-14-21(18-41-12-5-4-6-13-41)17-22(15-19)27-20(2)16-24-28(29(27)35)31(39-40(24)3)33-37-30-23(25-9-10-26(34)42-25)8-7-11-36-32(30)38-33/h7-11,14-17,36H,4-6,12-13,18H2,1-3H3,(H,37,38). The monoisotopic (exact) mass is 582 g/mol. The molecule has 214 valence electrons. The van der Waals surface area contributed by atoms with Gasteiger partial charge in [-0.2, -0.15) is 9.49 Å². The molecule has 0 saturated carbocycles. The minimum atomic E-state index is -0.307. The molecule has 7 rings (SSSR count). The van der Waals surface area contributed by atoms with Gasteiger partial charge in [0.25, 0.3) is 0 Å². The van der Waals surface area contributed by atoms with Crippen LogP contribution in [0.4, 0.5) is 14.6 Å². The Balaban J connectivity index is 1.34. The topological polar surface area (TPSA) is 61.8 Å². The molecule has 0 bridgehead atoms. The highest BCUT2D eigenvalue weighted by Gasteiger charge is 2.26. The molecular formula is C33H32F2N6S. The average Bonchev–Trinajstić information content (AvgIpc) is 3.63. The quantitative estimate of drug-likeness (QED) is 0.221. The molecule has 1 fully saturated rings. The minimum Gasteiger partial charge on any atom is -0.345 e. The maximum Gasteiger partial charge on any atom is 0.176 e. The van der Waals surface area contributed by atoms with E-state index in [4.69, 9.17) is 10.1 Å². The lowest BCUT2D eigenvalue weighted by molar-refractivity contribution is 0.221. The van der Waals surface area contributed by atoms with E-state index in [1.165, 1.54) is 30.9 Å². The van der Waals surface area contributed by atoms with Crippen molar-refractivity contribution >= 4 is 33.6 Å². The number of aromatic amines is 1. The number of thiophene rings is 1. The molecule has 0 unspecified atom stereocenters. The van der Waals surface area contributed by atoms with Gasteiger partial charge >= 0.3 is 0 Å². The number of hydrogen-bond acceptors (Lipinski definition) is 5. The van der Waals surface area contributed by atoms with E-state index in [1.54, 1.807) is 16.9 Å². The number of aryl methyl sites for hydroxylation is 3. The van der Waals surface area contributed by atoms with E-state index in [1.807, 2.05) is 32.2 Å². The van der Waals surface area contributed by atoms with Crippen molar-refractivity contribution in [2.45, 2.75) is 39.7 Å². The number of anilines is 1. The van der Waals surface area contributed by atoms with Gasteiger partial charge in [0.1, 0.15) is 11.5 Å². The Labute approximate surface area is 247 Å². The van der Waals surface area contributed by atoms with Crippen LogP contribution in [-0.2, 0) is 13.6 Å². The third-order valence-electron chi connectivity index (χ3n) is 8.17. The van der Waals surface area contributed by atoms with Crippen LogP contribution in [0.1, 0.15) is 46.5 Å². The van der Waals surface area contributed by atoms with Crippen molar-refractivity contribution < 1.29 is 8.78 Å². The summed E-state index contributed by atoms with van der Waals surface area (Å²) in [7, 11) is 1.82. The van der Waals surface area contributed by atoms with Crippen molar-refractivity contribution in [2.24, 2.45) is 7.05 Å². The van der Waals surface area contributed by atoms with Crippen molar-refractivity contribution in [2.75, 3.05) is 18.4 Å². The van der Waals surface area contributed by atoms with Crippen LogP contribution in [0.15, 0.2) is 54.8 Å². The molecular weight excluding hydrogens is 550 g/mol. The Morgan fingerprint density at radius 3 is 2.64 bits per heavy atom. The van der Waals surface area contributed by atoms with Crippen molar-refractivity contribution in [3.63, 3.8) is 0 Å². The largest absolute Gasteiger partial charge is 0.345 e. The molecule has 0 amide bonds. The predicted molar refractivity (Wildman–Crippen MR) is 166 cm³/mol. The summed E-state index contributed by atoms with van der Waals surface area (Å²) < 4.78 is 32.4. The molecule has 0 aliphatic carbocycles. The van der Waals surface area contributed by atoms with Crippen molar-refractivity contribution in [3.8, 4) is 22.6 Å².